The number of hydrogen-bond donors (Lipinski definition) is 1. The summed E-state index contributed by atoms with van der Waals surface area (Å²) in [7, 11) is 1.64. The Kier molecular flexibility index (Phi) is 5.30. The molecule has 2 aromatic rings. The van der Waals surface area contributed by atoms with Crippen LogP contribution in [-0.4, -0.2) is 25.9 Å². The second-order valence-electron chi connectivity index (χ2n) is 5.75. The Morgan fingerprint density at radius 2 is 2.08 bits per heavy atom. The van der Waals surface area contributed by atoms with Gasteiger partial charge in [0.05, 0.1) is 13.0 Å². The summed E-state index contributed by atoms with van der Waals surface area (Å²) in [6.45, 7) is 0.950. The summed E-state index contributed by atoms with van der Waals surface area (Å²) < 4.78 is 11.0. The number of amides is 1. The van der Waals surface area contributed by atoms with Crippen LogP contribution < -0.4 is 14.8 Å². The van der Waals surface area contributed by atoms with Crippen LogP contribution in [0, 0.1) is 5.92 Å². The highest BCUT2D eigenvalue weighted by molar-refractivity contribution is 7.98. The second-order valence-corrected chi connectivity index (χ2v) is 6.63. The number of hydrogen-bond acceptors (Lipinski definition) is 4. The first kappa shape index (κ1) is 16.7. The summed E-state index contributed by atoms with van der Waals surface area (Å²) in [5.41, 5.74) is 2.12. The van der Waals surface area contributed by atoms with Gasteiger partial charge in [-0.05, 0) is 54.1 Å². The highest BCUT2D eigenvalue weighted by Crippen LogP contribution is 2.30. The van der Waals surface area contributed by atoms with Crippen LogP contribution in [0.15, 0.2) is 47.4 Å². The minimum absolute atomic E-state index is 0.0254. The van der Waals surface area contributed by atoms with E-state index < -0.39 is 0 Å². The van der Waals surface area contributed by atoms with Crippen molar-refractivity contribution in [1.29, 1.82) is 0 Å². The van der Waals surface area contributed by atoms with Crippen molar-refractivity contribution in [2.45, 2.75) is 17.9 Å². The zero-order valence-electron chi connectivity index (χ0n) is 13.9. The summed E-state index contributed by atoms with van der Waals surface area (Å²) >= 11 is 1.71. The molecular weight excluding hydrogens is 322 g/mol. The maximum atomic E-state index is 12.4. The van der Waals surface area contributed by atoms with Crippen LogP contribution >= 0.6 is 11.8 Å². The predicted octanol–water partition coefficient (Wildman–Crippen LogP) is 3.28. The van der Waals surface area contributed by atoms with Gasteiger partial charge in [0.2, 0.25) is 5.91 Å². The molecule has 1 heterocycles. The number of methoxy groups -OCH3 is 1. The number of carbonyl (C=O) groups excluding carboxylic acids is 1. The van der Waals surface area contributed by atoms with Gasteiger partial charge in [-0.25, -0.2) is 0 Å². The van der Waals surface area contributed by atoms with Crippen LogP contribution in [0.4, 0.5) is 0 Å². The van der Waals surface area contributed by atoms with Gasteiger partial charge in [0, 0.05) is 11.4 Å². The number of ether oxygens (including phenoxy) is 2. The predicted molar refractivity (Wildman–Crippen MR) is 95.8 cm³/mol. The molecule has 24 heavy (non-hydrogen) atoms. The van der Waals surface area contributed by atoms with Crippen molar-refractivity contribution in [3.63, 3.8) is 0 Å². The number of fused-ring (bicyclic) bond motifs is 1. The summed E-state index contributed by atoms with van der Waals surface area (Å²) in [5.74, 6) is 1.48. The van der Waals surface area contributed by atoms with Gasteiger partial charge in [0.1, 0.15) is 18.1 Å². The van der Waals surface area contributed by atoms with Crippen molar-refractivity contribution < 1.29 is 14.3 Å². The van der Waals surface area contributed by atoms with E-state index in [2.05, 4.69) is 17.4 Å². The molecule has 1 aliphatic heterocycles. The molecule has 0 saturated heterocycles. The molecule has 0 aromatic heterocycles. The lowest BCUT2D eigenvalue weighted by molar-refractivity contribution is -0.126. The number of thioether (sulfide) groups is 1. The van der Waals surface area contributed by atoms with E-state index in [1.165, 1.54) is 4.90 Å². The summed E-state index contributed by atoms with van der Waals surface area (Å²) in [6.07, 6.45) is 2.72. The molecular formula is C19H21NO3S. The Labute approximate surface area is 146 Å². The van der Waals surface area contributed by atoms with E-state index in [4.69, 9.17) is 9.47 Å². The molecule has 0 saturated carbocycles. The van der Waals surface area contributed by atoms with E-state index in [1.807, 2.05) is 36.6 Å². The molecule has 1 amide bonds. The fourth-order valence-corrected chi connectivity index (χ4v) is 3.15. The van der Waals surface area contributed by atoms with E-state index in [1.54, 1.807) is 18.9 Å². The van der Waals surface area contributed by atoms with Gasteiger partial charge in [-0.2, -0.15) is 0 Å². The third kappa shape index (κ3) is 3.85. The zero-order chi connectivity index (χ0) is 16.9. The van der Waals surface area contributed by atoms with Crippen LogP contribution in [0.2, 0.25) is 0 Å². The van der Waals surface area contributed by atoms with Crippen molar-refractivity contribution in [3.05, 3.63) is 53.6 Å². The molecule has 0 radical (unpaired) electrons. The molecule has 2 aromatic carbocycles. The molecule has 4 nitrogen and oxygen atoms in total. The monoisotopic (exact) mass is 343 g/mol. The van der Waals surface area contributed by atoms with Crippen LogP contribution in [0.25, 0.3) is 0 Å². The van der Waals surface area contributed by atoms with E-state index >= 15 is 0 Å². The number of nitrogens with one attached hydrogen (secondary N) is 1. The van der Waals surface area contributed by atoms with E-state index in [0.717, 1.165) is 22.6 Å². The Morgan fingerprint density at radius 1 is 1.29 bits per heavy atom. The molecule has 0 spiro atoms. The normalized spacial score (nSPS) is 16.0. The van der Waals surface area contributed by atoms with Gasteiger partial charge in [-0.1, -0.05) is 12.1 Å². The first-order valence-electron chi connectivity index (χ1n) is 7.90. The van der Waals surface area contributed by atoms with E-state index in [0.29, 0.717) is 19.6 Å². The minimum atomic E-state index is -0.171. The summed E-state index contributed by atoms with van der Waals surface area (Å²) in [6, 6.07) is 13.9. The van der Waals surface area contributed by atoms with Gasteiger partial charge < -0.3 is 14.8 Å². The van der Waals surface area contributed by atoms with E-state index in [-0.39, 0.29) is 11.8 Å². The van der Waals surface area contributed by atoms with Crippen molar-refractivity contribution in [2.24, 2.45) is 5.92 Å². The van der Waals surface area contributed by atoms with Gasteiger partial charge in [0.15, 0.2) is 0 Å². The Hall–Kier alpha value is -2.14. The average molecular weight is 343 g/mol. The smallest absolute Gasteiger partial charge is 0.227 e. The number of carbonyl (C=O) groups is 1. The molecule has 0 bridgehead atoms. The molecule has 0 aliphatic carbocycles. The van der Waals surface area contributed by atoms with Crippen molar-refractivity contribution in [1.82, 2.24) is 5.32 Å². The molecule has 5 heteroatoms. The maximum Gasteiger partial charge on any atom is 0.227 e. The van der Waals surface area contributed by atoms with Crippen LogP contribution in [0.3, 0.4) is 0 Å². The average Bonchev–Trinajstić information content (AvgIpc) is 2.65. The molecule has 1 atom stereocenters. The highest BCUT2D eigenvalue weighted by Gasteiger charge is 2.26. The third-order valence-electron chi connectivity index (χ3n) is 4.17. The zero-order valence-corrected chi connectivity index (χ0v) is 14.7. The van der Waals surface area contributed by atoms with Crippen LogP contribution in [-0.2, 0) is 17.8 Å². The molecule has 1 N–H and O–H groups in total. The van der Waals surface area contributed by atoms with Gasteiger partial charge in [-0.3, -0.25) is 4.79 Å². The first-order chi connectivity index (χ1) is 11.7. The fourth-order valence-electron chi connectivity index (χ4n) is 2.74. The second kappa shape index (κ2) is 7.62. The van der Waals surface area contributed by atoms with Crippen LogP contribution in [0.5, 0.6) is 11.5 Å². The molecule has 1 unspecified atom stereocenters. The topological polar surface area (TPSA) is 47.6 Å². The quantitative estimate of drug-likeness (QED) is 0.847. The molecule has 126 valence electrons. The summed E-state index contributed by atoms with van der Waals surface area (Å²) in [5, 5.41) is 3.01. The van der Waals surface area contributed by atoms with Gasteiger partial charge in [-0.15, -0.1) is 11.8 Å². The largest absolute Gasteiger partial charge is 0.497 e. The molecule has 0 fully saturated rings. The Morgan fingerprint density at radius 3 is 2.79 bits per heavy atom. The lowest BCUT2D eigenvalue weighted by Gasteiger charge is -2.25. The maximum absolute atomic E-state index is 12.4. The Bertz CT molecular complexity index is 715. The first-order valence-corrected chi connectivity index (χ1v) is 9.12. The van der Waals surface area contributed by atoms with Gasteiger partial charge >= 0.3 is 0 Å². The SMILES string of the molecule is COc1ccc2c(c1)CC(C(=O)NCc1ccc(SC)cc1)CO2. The molecule has 3 rings (SSSR count). The minimum Gasteiger partial charge on any atom is -0.497 e. The number of rotatable bonds is 5. The standard InChI is InChI=1S/C19H21NO3S/c1-22-16-5-8-18-14(10-16)9-15(12-23-18)19(21)20-11-13-3-6-17(24-2)7-4-13/h3-8,10,15H,9,11-12H2,1-2H3,(H,20,21). The third-order valence-corrected chi connectivity index (χ3v) is 4.91. The lowest BCUT2D eigenvalue weighted by Crippen LogP contribution is -2.37. The van der Waals surface area contributed by atoms with Crippen molar-refractivity contribution in [3.8, 4) is 11.5 Å². The summed E-state index contributed by atoms with van der Waals surface area (Å²) in [4.78, 5) is 13.7. The van der Waals surface area contributed by atoms with Crippen molar-refractivity contribution >= 4 is 17.7 Å². The molecule has 1 aliphatic rings. The van der Waals surface area contributed by atoms with E-state index in [9.17, 15) is 4.79 Å². The van der Waals surface area contributed by atoms with Crippen LogP contribution in [0.1, 0.15) is 11.1 Å². The van der Waals surface area contributed by atoms with Crippen molar-refractivity contribution in [2.75, 3.05) is 20.0 Å². The lowest BCUT2D eigenvalue weighted by atomic mass is 9.95. The highest BCUT2D eigenvalue weighted by atomic mass is 32.2. The van der Waals surface area contributed by atoms with Gasteiger partial charge in [0.25, 0.3) is 0 Å². The number of benzene rings is 2. The fraction of sp³-hybridized carbons (Fsp3) is 0.316. The Balaban J connectivity index is 1.59.